The van der Waals surface area contributed by atoms with Crippen molar-refractivity contribution in [2.75, 3.05) is 13.2 Å². The van der Waals surface area contributed by atoms with Gasteiger partial charge in [-0.25, -0.2) is 9.59 Å². The summed E-state index contributed by atoms with van der Waals surface area (Å²) >= 11 is 0. The first-order valence-corrected chi connectivity index (χ1v) is 17.4. The van der Waals surface area contributed by atoms with Crippen molar-refractivity contribution in [1.29, 1.82) is 0 Å². The van der Waals surface area contributed by atoms with E-state index in [1.165, 1.54) is 6.92 Å². The number of nitrogens with two attached hydrogens (primary N) is 1. The standard InChI is InChI=1S/C37H53N5O8/c1-21(2)18-30(34(45)40-31(36(47)48)19-22(3)4)39-35(46)32(23(5)43)42-33(44)29(16-10-11-17-38)41-37(49)50-20-28-26-14-8-6-12-24(26)25-13-7-9-15-27(25)28/h6-9,12-15,21-23,28-32,43H,10-11,16-20,38H2,1-5H3,(H,39,46)(H,40,45)(H,41,49)(H,42,44)(H,47,48)/t23-,29+,30+,31+,32+/m1/s1. The highest BCUT2D eigenvalue weighted by molar-refractivity contribution is 5.95. The molecule has 0 spiro atoms. The summed E-state index contributed by atoms with van der Waals surface area (Å²) in [6, 6.07) is 10.9. The van der Waals surface area contributed by atoms with Crippen LogP contribution in [0.4, 0.5) is 4.79 Å². The molecule has 0 saturated carbocycles. The molecule has 2 aromatic rings. The Morgan fingerprint density at radius 2 is 1.24 bits per heavy atom. The van der Waals surface area contributed by atoms with E-state index < -0.39 is 60.1 Å². The lowest BCUT2D eigenvalue weighted by molar-refractivity contribution is -0.143. The molecule has 0 saturated heterocycles. The lowest BCUT2D eigenvalue weighted by Gasteiger charge is -2.28. The van der Waals surface area contributed by atoms with E-state index in [4.69, 9.17) is 10.5 Å². The number of benzene rings is 2. The number of carbonyl (C=O) groups is 5. The van der Waals surface area contributed by atoms with Gasteiger partial charge >= 0.3 is 12.1 Å². The molecule has 0 aliphatic heterocycles. The molecule has 3 rings (SSSR count). The van der Waals surface area contributed by atoms with Crippen molar-refractivity contribution in [3.05, 3.63) is 59.7 Å². The number of carboxylic acid groups (broad SMARTS) is 1. The molecular weight excluding hydrogens is 642 g/mol. The number of ether oxygens (including phenoxy) is 1. The second-order valence-corrected chi connectivity index (χ2v) is 13.8. The molecule has 1 aliphatic carbocycles. The van der Waals surface area contributed by atoms with Gasteiger partial charge in [-0.2, -0.15) is 0 Å². The van der Waals surface area contributed by atoms with Gasteiger partial charge in [-0.05, 0) is 79.7 Å². The Morgan fingerprint density at radius 1 is 0.720 bits per heavy atom. The Hall–Kier alpha value is -4.49. The van der Waals surface area contributed by atoms with Crippen molar-refractivity contribution < 1.29 is 38.9 Å². The number of alkyl carbamates (subject to hydrolysis) is 1. The smallest absolute Gasteiger partial charge is 0.407 e. The molecule has 13 heteroatoms. The van der Waals surface area contributed by atoms with Crippen molar-refractivity contribution in [2.45, 2.75) is 103 Å². The van der Waals surface area contributed by atoms with Crippen molar-refractivity contribution >= 4 is 29.8 Å². The maximum absolute atomic E-state index is 13.6. The average molecular weight is 696 g/mol. The molecule has 1 aliphatic rings. The number of nitrogens with one attached hydrogen (secondary N) is 4. The van der Waals surface area contributed by atoms with Crippen LogP contribution in [-0.2, 0) is 23.9 Å². The molecular formula is C37H53N5O8. The first-order valence-electron chi connectivity index (χ1n) is 17.4. The van der Waals surface area contributed by atoms with E-state index in [9.17, 15) is 34.2 Å². The molecule has 0 unspecified atom stereocenters. The fraction of sp³-hybridized carbons (Fsp3) is 0.541. The fourth-order valence-electron chi connectivity index (χ4n) is 6.13. The molecule has 0 heterocycles. The van der Waals surface area contributed by atoms with Gasteiger partial charge in [0, 0.05) is 5.92 Å². The van der Waals surface area contributed by atoms with Crippen LogP contribution >= 0.6 is 0 Å². The van der Waals surface area contributed by atoms with Gasteiger partial charge in [0.2, 0.25) is 17.7 Å². The number of fused-ring (bicyclic) bond motifs is 3. The first kappa shape index (κ1) is 39.9. The third-order valence-electron chi connectivity index (χ3n) is 8.62. The van der Waals surface area contributed by atoms with Gasteiger partial charge in [0.1, 0.15) is 30.8 Å². The lowest BCUT2D eigenvalue weighted by Crippen LogP contribution is -2.60. The normalized spacial score (nSPS) is 15.2. The number of carbonyl (C=O) groups excluding carboxylic acids is 4. The minimum absolute atomic E-state index is 0.00999. The van der Waals surface area contributed by atoms with Crippen LogP contribution in [0.15, 0.2) is 48.5 Å². The zero-order valence-corrected chi connectivity index (χ0v) is 29.6. The van der Waals surface area contributed by atoms with Gasteiger partial charge < -0.3 is 42.0 Å². The lowest BCUT2D eigenvalue weighted by atomic mass is 9.98. The summed E-state index contributed by atoms with van der Waals surface area (Å²) in [5.41, 5.74) is 9.87. The number of hydrogen-bond donors (Lipinski definition) is 7. The van der Waals surface area contributed by atoms with E-state index in [1.807, 2.05) is 76.2 Å². The van der Waals surface area contributed by atoms with Gasteiger partial charge in [-0.15, -0.1) is 0 Å². The summed E-state index contributed by atoms with van der Waals surface area (Å²) in [7, 11) is 0. The van der Waals surface area contributed by atoms with Crippen LogP contribution in [0.2, 0.25) is 0 Å². The van der Waals surface area contributed by atoms with Crippen molar-refractivity contribution in [3.63, 3.8) is 0 Å². The van der Waals surface area contributed by atoms with E-state index in [1.54, 1.807) is 0 Å². The van der Waals surface area contributed by atoms with Gasteiger partial charge in [-0.3, -0.25) is 14.4 Å². The second kappa shape index (κ2) is 19.0. The molecule has 0 radical (unpaired) electrons. The zero-order chi connectivity index (χ0) is 37.0. The summed E-state index contributed by atoms with van der Waals surface area (Å²) in [6.45, 7) is 9.06. The number of aliphatic carboxylic acids is 1. The van der Waals surface area contributed by atoms with Crippen LogP contribution in [0.5, 0.6) is 0 Å². The fourth-order valence-corrected chi connectivity index (χ4v) is 6.13. The summed E-state index contributed by atoms with van der Waals surface area (Å²) in [5.74, 6) is -3.71. The second-order valence-electron chi connectivity index (χ2n) is 13.8. The molecule has 5 atom stereocenters. The number of amides is 4. The zero-order valence-electron chi connectivity index (χ0n) is 29.6. The van der Waals surface area contributed by atoms with Gasteiger partial charge in [0.05, 0.1) is 6.10 Å². The number of unbranched alkanes of at least 4 members (excludes halogenated alkanes) is 1. The van der Waals surface area contributed by atoms with Crippen molar-refractivity contribution in [3.8, 4) is 11.1 Å². The summed E-state index contributed by atoms with van der Waals surface area (Å²) in [4.78, 5) is 65.1. The van der Waals surface area contributed by atoms with Crippen molar-refractivity contribution in [1.82, 2.24) is 21.3 Å². The third-order valence-corrected chi connectivity index (χ3v) is 8.62. The van der Waals surface area contributed by atoms with Crippen LogP contribution in [-0.4, -0.2) is 83.4 Å². The SMILES string of the molecule is CC(C)C[C@H](NC(=O)[C@H](CC(C)C)NC(=O)[C@@H](NC(=O)[C@H](CCCCN)NC(=O)OCC1c2ccccc2-c2ccccc21)[C@@H](C)O)C(=O)O. The predicted molar refractivity (Wildman–Crippen MR) is 189 cm³/mol. The van der Waals surface area contributed by atoms with E-state index in [2.05, 4.69) is 21.3 Å². The average Bonchev–Trinajstić information content (AvgIpc) is 3.37. The van der Waals surface area contributed by atoms with E-state index in [0.29, 0.717) is 19.4 Å². The highest BCUT2D eigenvalue weighted by Gasteiger charge is 2.34. The maximum Gasteiger partial charge on any atom is 0.407 e. The van der Waals surface area contributed by atoms with E-state index >= 15 is 0 Å². The minimum atomic E-state index is -1.49. The van der Waals surface area contributed by atoms with Gasteiger partial charge in [-0.1, -0.05) is 76.2 Å². The molecule has 0 fully saturated rings. The Labute approximate surface area is 294 Å². The van der Waals surface area contributed by atoms with Crippen LogP contribution in [0.3, 0.4) is 0 Å². The minimum Gasteiger partial charge on any atom is -0.480 e. The Bertz CT molecular complexity index is 1430. The molecule has 4 amide bonds. The molecule has 0 aromatic heterocycles. The number of rotatable bonds is 19. The van der Waals surface area contributed by atoms with Crippen LogP contribution < -0.4 is 27.0 Å². The molecule has 2 aromatic carbocycles. The molecule has 50 heavy (non-hydrogen) atoms. The number of aliphatic hydroxyl groups is 1. The van der Waals surface area contributed by atoms with Gasteiger partial charge in [0.15, 0.2) is 0 Å². The molecule has 8 N–H and O–H groups in total. The van der Waals surface area contributed by atoms with E-state index in [0.717, 1.165) is 22.3 Å². The maximum atomic E-state index is 13.6. The monoisotopic (exact) mass is 695 g/mol. The topological polar surface area (TPSA) is 209 Å². The molecule has 274 valence electrons. The Morgan fingerprint density at radius 3 is 1.76 bits per heavy atom. The van der Waals surface area contributed by atoms with Crippen LogP contribution in [0.1, 0.15) is 83.8 Å². The summed E-state index contributed by atoms with van der Waals surface area (Å²) < 4.78 is 5.65. The number of hydrogen-bond acceptors (Lipinski definition) is 8. The van der Waals surface area contributed by atoms with E-state index in [-0.39, 0.29) is 43.6 Å². The summed E-state index contributed by atoms with van der Waals surface area (Å²) in [6.07, 6.45) is -0.575. The highest BCUT2D eigenvalue weighted by atomic mass is 16.5. The number of carboxylic acids is 1. The quantitative estimate of drug-likeness (QED) is 0.108. The summed E-state index contributed by atoms with van der Waals surface area (Å²) in [5, 5.41) is 30.4. The predicted octanol–water partition coefficient (Wildman–Crippen LogP) is 3.03. The van der Waals surface area contributed by atoms with Crippen LogP contribution in [0.25, 0.3) is 11.1 Å². The third kappa shape index (κ3) is 11.3. The largest absolute Gasteiger partial charge is 0.480 e. The Kier molecular flexibility index (Phi) is 15.2. The number of aliphatic hydroxyl groups excluding tert-OH is 1. The van der Waals surface area contributed by atoms with Crippen LogP contribution in [0, 0.1) is 11.8 Å². The molecule has 13 nitrogen and oxygen atoms in total. The highest BCUT2D eigenvalue weighted by Crippen LogP contribution is 2.44. The van der Waals surface area contributed by atoms with Crippen molar-refractivity contribution in [2.24, 2.45) is 17.6 Å². The molecule has 0 bridgehead atoms. The van der Waals surface area contributed by atoms with Gasteiger partial charge in [0.25, 0.3) is 0 Å². The Balaban J connectivity index is 1.70. The first-order chi connectivity index (χ1) is 23.7.